The van der Waals surface area contributed by atoms with Crippen LogP contribution in [0.3, 0.4) is 0 Å². The van der Waals surface area contributed by atoms with Gasteiger partial charge in [-0.25, -0.2) is 9.59 Å². The molecule has 2 amide bonds. The summed E-state index contributed by atoms with van der Waals surface area (Å²) in [6.07, 6.45) is 1.25. The van der Waals surface area contributed by atoms with Crippen LogP contribution in [0.25, 0.3) is 10.8 Å². The molecular formula is C22H24N2O4. The van der Waals surface area contributed by atoms with E-state index < -0.39 is 12.0 Å². The zero-order chi connectivity index (χ0) is 20.5. The fourth-order valence-electron chi connectivity index (χ4n) is 2.50. The van der Waals surface area contributed by atoms with Crippen molar-refractivity contribution in [1.29, 1.82) is 0 Å². The van der Waals surface area contributed by atoms with Crippen LogP contribution in [-0.4, -0.2) is 24.2 Å². The smallest absolute Gasteiger partial charge is 0.337 e. The van der Waals surface area contributed by atoms with Gasteiger partial charge in [0.2, 0.25) is 0 Å². The molecule has 3 aromatic carbocycles. The van der Waals surface area contributed by atoms with Crippen LogP contribution >= 0.6 is 0 Å². The second kappa shape index (κ2) is 9.97. The number of carbonyl (C=O) groups excluding carboxylic acids is 2. The molecule has 0 unspecified atom stereocenters. The van der Waals surface area contributed by atoms with Crippen molar-refractivity contribution >= 4 is 34.1 Å². The fraction of sp³-hybridized carbons (Fsp3) is 0.182. The number of methoxy groups -OCH3 is 1. The minimum Gasteiger partial charge on any atom is -0.508 e. The first kappa shape index (κ1) is 20.8. The fourth-order valence-corrected chi connectivity index (χ4v) is 2.50. The first-order chi connectivity index (χ1) is 13.5. The van der Waals surface area contributed by atoms with Crippen LogP contribution in [0, 0.1) is 0 Å². The molecule has 0 saturated carbocycles. The van der Waals surface area contributed by atoms with Crippen molar-refractivity contribution in [3.8, 4) is 5.75 Å². The Morgan fingerprint density at radius 2 is 1.68 bits per heavy atom. The maximum Gasteiger partial charge on any atom is 0.337 e. The molecule has 0 saturated heterocycles. The molecule has 0 aliphatic rings. The predicted molar refractivity (Wildman–Crippen MR) is 112 cm³/mol. The third-order valence-electron chi connectivity index (χ3n) is 3.66. The lowest BCUT2D eigenvalue weighted by Gasteiger charge is -2.11. The summed E-state index contributed by atoms with van der Waals surface area (Å²) in [5.41, 5.74) is 1.37. The predicted octanol–water partition coefficient (Wildman–Crippen LogP) is 5.39. The third-order valence-corrected chi connectivity index (χ3v) is 3.66. The van der Waals surface area contributed by atoms with E-state index in [0.717, 1.165) is 10.8 Å². The van der Waals surface area contributed by atoms with Gasteiger partial charge in [0.25, 0.3) is 0 Å². The topological polar surface area (TPSA) is 87.7 Å². The molecule has 3 aromatic rings. The quantitative estimate of drug-likeness (QED) is 0.532. The highest BCUT2D eigenvalue weighted by Gasteiger charge is 2.09. The Labute approximate surface area is 164 Å². The lowest BCUT2D eigenvalue weighted by molar-refractivity contribution is 0.0600. The van der Waals surface area contributed by atoms with E-state index in [2.05, 4.69) is 29.2 Å². The largest absolute Gasteiger partial charge is 0.508 e. The van der Waals surface area contributed by atoms with Crippen LogP contribution in [-0.2, 0) is 4.74 Å². The SMILES string of the molecule is CCC.COC(=O)c1cccc(NC(=O)Nc2cccc3ccc(O)cc23)c1. The van der Waals surface area contributed by atoms with Gasteiger partial charge in [-0.15, -0.1) is 0 Å². The van der Waals surface area contributed by atoms with Crippen molar-refractivity contribution < 1.29 is 19.4 Å². The number of benzene rings is 3. The number of aromatic hydroxyl groups is 1. The van der Waals surface area contributed by atoms with Gasteiger partial charge in [0.05, 0.1) is 18.4 Å². The summed E-state index contributed by atoms with van der Waals surface area (Å²) in [5, 5.41) is 16.7. The molecule has 0 aliphatic heterocycles. The summed E-state index contributed by atoms with van der Waals surface area (Å²) in [7, 11) is 1.30. The molecule has 0 fully saturated rings. The van der Waals surface area contributed by atoms with E-state index in [-0.39, 0.29) is 5.75 Å². The van der Waals surface area contributed by atoms with Crippen LogP contribution in [0.4, 0.5) is 16.2 Å². The lowest BCUT2D eigenvalue weighted by atomic mass is 10.1. The number of amides is 2. The Balaban J connectivity index is 0.000000878. The molecule has 0 atom stereocenters. The second-order valence-corrected chi connectivity index (χ2v) is 6.07. The maximum absolute atomic E-state index is 12.3. The first-order valence-corrected chi connectivity index (χ1v) is 8.96. The standard InChI is InChI=1S/C19H16N2O4.C3H8/c1-25-18(23)13-5-2-6-14(10-13)20-19(24)21-17-7-3-4-12-8-9-15(22)11-16(12)17;1-3-2/h2-11,22H,1H3,(H2,20,21,24);3H2,1-2H3. The Bertz CT molecular complexity index is 970. The monoisotopic (exact) mass is 380 g/mol. The van der Waals surface area contributed by atoms with Gasteiger partial charge in [0.1, 0.15) is 5.75 Å². The summed E-state index contributed by atoms with van der Waals surface area (Å²) < 4.78 is 4.66. The summed E-state index contributed by atoms with van der Waals surface area (Å²) in [6.45, 7) is 4.25. The van der Waals surface area contributed by atoms with Gasteiger partial charge in [-0.3, -0.25) is 0 Å². The Morgan fingerprint density at radius 1 is 0.964 bits per heavy atom. The number of phenolic OH excluding ortho intramolecular Hbond substituents is 1. The van der Waals surface area contributed by atoms with E-state index in [9.17, 15) is 14.7 Å². The number of anilines is 2. The van der Waals surface area contributed by atoms with Crippen LogP contribution in [0.1, 0.15) is 30.6 Å². The number of esters is 1. The number of phenols is 1. The van der Waals surface area contributed by atoms with Gasteiger partial charge in [0, 0.05) is 11.1 Å². The number of carbonyl (C=O) groups is 2. The third kappa shape index (κ3) is 5.48. The second-order valence-electron chi connectivity index (χ2n) is 6.07. The highest BCUT2D eigenvalue weighted by molar-refractivity contribution is 6.06. The van der Waals surface area contributed by atoms with Crippen molar-refractivity contribution in [3.05, 3.63) is 66.2 Å². The molecule has 28 heavy (non-hydrogen) atoms. The van der Waals surface area contributed by atoms with Crippen LogP contribution < -0.4 is 10.6 Å². The van der Waals surface area contributed by atoms with Crippen LogP contribution in [0.15, 0.2) is 60.7 Å². The molecule has 0 radical (unpaired) electrons. The molecule has 0 aliphatic carbocycles. The van der Waals surface area contributed by atoms with Crippen molar-refractivity contribution in [2.45, 2.75) is 20.3 Å². The highest BCUT2D eigenvalue weighted by atomic mass is 16.5. The van der Waals surface area contributed by atoms with Crippen molar-refractivity contribution in [3.63, 3.8) is 0 Å². The molecule has 0 spiro atoms. The average molecular weight is 380 g/mol. The number of hydrogen-bond donors (Lipinski definition) is 3. The zero-order valence-electron chi connectivity index (χ0n) is 16.2. The van der Waals surface area contributed by atoms with Crippen LogP contribution in [0.5, 0.6) is 5.75 Å². The summed E-state index contributed by atoms with van der Waals surface area (Å²) in [5.74, 6) is -0.360. The normalized spacial score (nSPS) is 9.82. The molecule has 0 aromatic heterocycles. The van der Waals surface area contributed by atoms with Gasteiger partial charge in [0.15, 0.2) is 0 Å². The summed E-state index contributed by atoms with van der Waals surface area (Å²) in [6, 6.07) is 16.4. The van der Waals surface area contributed by atoms with Gasteiger partial charge in [-0.05, 0) is 41.8 Å². The molecule has 6 nitrogen and oxygen atoms in total. The van der Waals surface area contributed by atoms with E-state index in [1.54, 1.807) is 42.5 Å². The number of ether oxygens (including phenoxy) is 1. The molecular weight excluding hydrogens is 356 g/mol. The molecule has 3 N–H and O–H groups in total. The number of urea groups is 1. The zero-order valence-corrected chi connectivity index (χ0v) is 16.2. The molecule has 6 heteroatoms. The van der Waals surface area contributed by atoms with Gasteiger partial charge >= 0.3 is 12.0 Å². The molecule has 3 rings (SSSR count). The molecule has 0 heterocycles. The van der Waals surface area contributed by atoms with E-state index >= 15 is 0 Å². The minimum atomic E-state index is -0.478. The van der Waals surface area contributed by atoms with Crippen molar-refractivity contribution in [2.24, 2.45) is 0 Å². The van der Waals surface area contributed by atoms with E-state index in [1.807, 2.05) is 12.1 Å². The van der Waals surface area contributed by atoms with E-state index in [0.29, 0.717) is 16.9 Å². The minimum absolute atomic E-state index is 0.118. The highest BCUT2D eigenvalue weighted by Crippen LogP contribution is 2.27. The van der Waals surface area contributed by atoms with Gasteiger partial charge < -0.3 is 20.5 Å². The average Bonchev–Trinajstić information content (AvgIpc) is 2.68. The summed E-state index contributed by atoms with van der Waals surface area (Å²) in [4.78, 5) is 23.8. The molecule has 146 valence electrons. The number of fused-ring (bicyclic) bond motifs is 1. The Kier molecular flexibility index (Phi) is 7.39. The Hall–Kier alpha value is -3.54. The Morgan fingerprint density at radius 3 is 2.39 bits per heavy atom. The van der Waals surface area contributed by atoms with E-state index in [4.69, 9.17) is 0 Å². The van der Waals surface area contributed by atoms with Gasteiger partial charge in [-0.1, -0.05) is 44.5 Å². The van der Waals surface area contributed by atoms with E-state index in [1.165, 1.54) is 19.6 Å². The lowest BCUT2D eigenvalue weighted by Crippen LogP contribution is -2.19. The van der Waals surface area contributed by atoms with Crippen molar-refractivity contribution in [2.75, 3.05) is 17.7 Å². The summed E-state index contributed by atoms with van der Waals surface area (Å²) >= 11 is 0. The maximum atomic E-state index is 12.3. The van der Waals surface area contributed by atoms with Crippen molar-refractivity contribution in [1.82, 2.24) is 0 Å². The first-order valence-electron chi connectivity index (χ1n) is 8.96. The number of rotatable bonds is 3. The van der Waals surface area contributed by atoms with Crippen LogP contribution in [0.2, 0.25) is 0 Å². The van der Waals surface area contributed by atoms with Gasteiger partial charge in [-0.2, -0.15) is 0 Å². The number of nitrogens with one attached hydrogen (secondary N) is 2. The molecule has 0 bridgehead atoms. The number of hydrogen-bond acceptors (Lipinski definition) is 4.